The molecule has 5 heterocycles. The zero-order valence-electron chi connectivity index (χ0n) is 22.0. The van der Waals surface area contributed by atoms with Crippen molar-refractivity contribution in [2.24, 2.45) is 5.92 Å². The van der Waals surface area contributed by atoms with Gasteiger partial charge in [0.1, 0.15) is 0 Å². The maximum absolute atomic E-state index is 13.2. The molecule has 6 rings (SSSR count). The van der Waals surface area contributed by atoms with E-state index in [1.165, 1.54) is 32.1 Å². The van der Waals surface area contributed by atoms with E-state index >= 15 is 0 Å². The van der Waals surface area contributed by atoms with Gasteiger partial charge in [0.2, 0.25) is 0 Å². The summed E-state index contributed by atoms with van der Waals surface area (Å²) in [6.07, 6.45) is 12.7. The van der Waals surface area contributed by atoms with Gasteiger partial charge in [0.15, 0.2) is 5.69 Å². The fourth-order valence-electron chi connectivity index (χ4n) is 5.65. The molecule has 1 aromatic carbocycles. The summed E-state index contributed by atoms with van der Waals surface area (Å²) in [5, 5.41) is 11.1. The summed E-state index contributed by atoms with van der Waals surface area (Å²) in [5.74, 6) is 0.429. The Hall–Kier alpha value is -3.78. The van der Waals surface area contributed by atoms with E-state index in [0.717, 1.165) is 66.0 Å². The quantitative estimate of drug-likeness (QED) is 0.374. The number of hydrogen-bond acceptors (Lipinski definition) is 6. The molecule has 2 fully saturated rings. The van der Waals surface area contributed by atoms with Crippen molar-refractivity contribution in [3.63, 3.8) is 0 Å². The molecule has 196 valence electrons. The van der Waals surface area contributed by atoms with E-state index in [0.29, 0.717) is 17.3 Å². The summed E-state index contributed by atoms with van der Waals surface area (Å²) < 4.78 is 0. The number of fused-ring (bicyclic) bond motifs is 1. The van der Waals surface area contributed by atoms with E-state index in [2.05, 4.69) is 48.4 Å². The number of aromatic amines is 1. The zero-order valence-corrected chi connectivity index (χ0v) is 22.0. The lowest BCUT2D eigenvalue weighted by atomic mass is 9.92. The Morgan fingerprint density at radius 3 is 2.61 bits per heavy atom. The van der Waals surface area contributed by atoms with Gasteiger partial charge < -0.3 is 15.1 Å². The number of anilines is 2. The summed E-state index contributed by atoms with van der Waals surface area (Å²) in [5.41, 5.74) is 6.15. The second-order valence-electron chi connectivity index (χ2n) is 10.8. The van der Waals surface area contributed by atoms with Crippen LogP contribution in [0.3, 0.4) is 0 Å². The molecule has 1 amide bonds. The van der Waals surface area contributed by atoms with E-state index in [-0.39, 0.29) is 5.91 Å². The van der Waals surface area contributed by atoms with E-state index < -0.39 is 0 Å². The first kappa shape index (κ1) is 24.6. The average molecular weight is 510 g/mol. The number of benzene rings is 1. The first-order valence-corrected chi connectivity index (χ1v) is 13.8. The van der Waals surface area contributed by atoms with Gasteiger partial charge in [-0.25, -0.2) is 0 Å². The zero-order chi connectivity index (χ0) is 25.9. The lowest BCUT2D eigenvalue weighted by molar-refractivity contribution is 0.102. The van der Waals surface area contributed by atoms with Crippen LogP contribution in [0.1, 0.15) is 48.3 Å². The van der Waals surface area contributed by atoms with Crippen LogP contribution in [0.2, 0.25) is 0 Å². The highest BCUT2D eigenvalue weighted by Gasteiger charge is 2.19. The van der Waals surface area contributed by atoms with Crippen molar-refractivity contribution in [1.82, 2.24) is 25.1 Å². The van der Waals surface area contributed by atoms with Gasteiger partial charge in [-0.3, -0.25) is 19.9 Å². The molecular weight excluding hydrogens is 474 g/mol. The lowest BCUT2D eigenvalue weighted by Gasteiger charge is -2.28. The Balaban J connectivity index is 1.16. The summed E-state index contributed by atoms with van der Waals surface area (Å²) in [7, 11) is 2.18. The van der Waals surface area contributed by atoms with Crippen molar-refractivity contribution in [1.29, 1.82) is 0 Å². The number of amides is 1. The Bertz CT molecular complexity index is 1400. The van der Waals surface area contributed by atoms with Crippen LogP contribution < -0.4 is 10.2 Å². The molecule has 0 saturated carbocycles. The number of nitrogens with one attached hydrogen (secondary N) is 2. The molecule has 3 aromatic heterocycles. The predicted molar refractivity (Wildman–Crippen MR) is 152 cm³/mol. The van der Waals surface area contributed by atoms with Crippen LogP contribution in [0.5, 0.6) is 0 Å². The smallest absolute Gasteiger partial charge is 0.276 e. The molecule has 8 heteroatoms. The molecule has 2 saturated heterocycles. The summed E-state index contributed by atoms with van der Waals surface area (Å²) in [6.45, 7) is 4.45. The largest absolute Gasteiger partial charge is 0.370 e. The number of carbonyl (C=O) groups excluding carboxylic acids is 1. The summed E-state index contributed by atoms with van der Waals surface area (Å²) in [4.78, 5) is 27.1. The average Bonchev–Trinajstić information content (AvgIpc) is 3.39. The van der Waals surface area contributed by atoms with E-state index in [1.54, 1.807) is 6.20 Å². The topological polar surface area (TPSA) is 90.0 Å². The standard InChI is InChI=1S/C30H35N7O/c1-36-13-9-21(10-14-36)15-24-6-7-25(19-32-24)33-30(38)29-27-17-22(5-8-28(27)34-35-29)23-16-26(20-31-18-23)37-11-3-2-4-12-37/h5-8,16-21H,2-4,9-15H2,1H3,(H,33,38)(H,34,35). The van der Waals surface area contributed by atoms with Crippen molar-refractivity contribution < 1.29 is 4.79 Å². The number of pyridine rings is 2. The van der Waals surface area contributed by atoms with E-state index in [4.69, 9.17) is 0 Å². The number of nitrogens with zero attached hydrogens (tertiary/aromatic N) is 5. The molecule has 2 aliphatic heterocycles. The monoisotopic (exact) mass is 509 g/mol. The Labute approximate surface area is 223 Å². The molecule has 0 bridgehead atoms. The molecule has 0 spiro atoms. The van der Waals surface area contributed by atoms with Crippen LogP contribution in [0, 0.1) is 5.92 Å². The summed E-state index contributed by atoms with van der Waals surface area (Å²) >= 11 is 0. The van der Waals surface area contributed by atoms with Crippen molar-refractivity contribution in [2.75, 3.05) is 43.4 Å². The highest BCUT2D eigenvalue weighted by molar-refractivity contribution is 6.11. The van der Waals surface area contributed by atoms with Gasteiger partial charge in [-0.15, -0.1) is 0 Å². The second-order valence-corrected chi connectivity index (χ2v) is 10.8. The van der Waals surface area contributed by atoms with Crippen LogP contribution >= 0.6 is 0 Å². The SMILES string of the molecule is CN1CCC(Cc2ccc(NC(=O)c3n[nH]c4ccc(-c5cncc(N6CCCCC6)c5)cc34)cn2)CC1. The molecule has 8 nitrogen and oxygen atoms in total. The predicted octanol–water partition coefficient (Wildman–Crippen LogP) is 5.15. The lowest BCUT2D eigenvalue weighted by Crippen LogP contribution is -2.31. The van der Waals surface area contributed by atoms with Gasteiger partial charge in [0.25, 0.3) is 5.91 Å². The highest BCUT2D eigenvalue weighted by Crippen LogP contribution is 2.29. The van der Waals surface area contributed by atoms with Gasteiger partial charge in [0.05, 0.1) is 29.3 Å². The maximum atomic E-state index is 13.2. The van der Waals surface area contributed by atoms with E-state index in [9.17, 15) is 4.79 Å². The van der Waals surface area contributed by atoms with Crippen LogP contribution in [0.4, 0.5) is 11.4 Å². The van der Waals surface area contributed by atoms with Gasteiger partial charge in [-0.1, -0.05) is 6.07 Å². The van der Waals surface area contributed by atoms with Gasteiger partial charge >= 0.3 is 0 Å². The van der Waals surface area contributed by atoms with Crippen LogP contribution in [-0.2, 0) is 6.42 Å². The first-order chi connectivity index (χ1) is 18.6. The minimum atomic E-state index is -0.251. The molecule has 2 aliphatic rings. The highest BCUT2D eigenvalue weighted by atomic mass is 16.1. The maximum Gasteiger partial charge on any atom is 0.276 e. The van der Waals surface area contributed by atoms with Gasteiger partial charge in [0, 0.05) is 35.9 Å². The van der Waals surface area contributed by atoms with Crippen molar-refractivity contribution >= 4 is 28.2 Å². The van der Waals surface area contributed by atoms with E-state index in [1.807, 2.05) is 42.7 Å². The van der Waals surface area contributed by atoms with Crippen molar-refractivity contribution in [3.05, 3.63) is 66.4 Å². The third kappa shape index (κ3) is 5.41. The molecule has 0 aliphatic carbocycles. The molecule has 0 radical (unpaired) electrons. The minimum Gasteiger partial charge on any atom is -0.370 e. The Kier molecular flexibility index (Phi) is 7.05. The number of piperidine rings is 2. The molecule has 2 N–H and O–H groups in total. The first-order valence-electron chi connectivity index (χ1n) is 13.8. The molecule has 38 heavy (non-hydrogen) atoms. The van der Waals surface area contributed by atoms with Crippen molar-refractivity contribution in [3.8, 4) is 11.1 Å². The fraction of sp³-hybridized carbons (Fsp3) is 0.400. The third-order valence-corrected chi connectivity index (χ3v) is 7.97. The number of hydrogen-bond donors (Lipinski definition) is 2. The number of rotatable bonds is 6. The fourth-order valence-corrected chi connectivity index (χ4v) is 5.65. The Morgan fingerprint density at radius 2 is 1.82 bits per heavy atom. The number of aromatic nitrogens is 4. The minimum absolute atomic E-state index is 0.251. The summed E-state index contributed by atoms with van der Waals surface area (Å²) in [6, 6.07) is 12.2. The van der Waals surface area contributed by atoms with Gasteiger partial charge in [-0.05, 0) is 100 Å². The van der Waals surface area contributed by atoms with Crippen LogP contribution in [0.25, 0.3) is 22.0 Å². The Morgan fingerprint density at radius 1 is 0.974 bits per heavy atom. The normalized spacial score (nSPS) is 17.1. The van der Waals surface area contributed by atoms with Crippen LogP contribution in [0.15, 0.2) is 55.0 Å². The second kappa shape index (κ2) is 10.9. The molecule has 4 aromatic rings. The van der Waals surface area contributed by atoms with Crippen molar-refractivity contribution in [2.45, 2.75) is 38.5 Å². The van der Waals surface area contributed by atoms with Gasteiger partial charge in [-0.2, -0.15) is 5.10 Å². The number of likely N-dealkylation sites (tertiary alicyclic amines) is 1. The molecule has 0 atom stereocenters. The number of carbonyl (C=O) groups is 1. The van der Waals surface area contributed by atoms with Crippen LogP contribution in [-0.4, -0.2) is 64.2 Å². The third-order valence-electron chi connectivity index (χ3n) is 7.97. The molecule has 0 unspecified atom stereocenters. The number of H-pyrrole nitrogens is 1. The molecular formula is C30H35N7O.